The van der Waals surface area contributed by atoms with Gasteiger partial charge in [-0.05, 0) is 44.1 Å². The fourth-order valence-corrected chi connectivity index (χ4v) is 2.65. The summed E-state index contributed by atoms with van der Waals surface area (Å²) in [6.07, 6.45) is 2.50. The summed E-state index contributed by atoms with van der Waals surface area (Å²) < 4.78 is 0. The Kier molecular flexibility index (Phi) is 4.84. The normalized spacial score (nSPS) is 18.5. The third-order valence-electron chi connectivity index (χ3n) is 3.43. The average molecular weight is 253 g/mol. The maximum absolute atomic E-state index is 6.18. The van der Waals surface area contributed by atoms with E-state index >= 15 is 0 Å². The Bertz CT molecular complexity index is 346. The molecule has 0 radical (unpaired) electrons. The van der Waals surface area contributed by atoms with Crippen LogP contribution in [0.2, 0.25) is 5.02 Å². The monoisotopic (exact) mass is 252 g/mol. The number of benzene rings is 1. The highest BCUT2D eigenvalue weighted by molar-refractivity contribution is 6.31. The SMILES string of the molecule is CCNC1CCN(Cc2ccccc2Cl)CC1. The van der Waals surface area contributed by atoms with Crippen molar-refractivity contribution in [1.82, 2.24) is 10.2 Å². The van der Waals surface area contributed by atoms with Crippen LogP contribution in [0.4, 0.5) is 0 Å². The fraction of sp³-hybridized carbons (Fsp3) is 0.571. The van der Waals surface area contributed by atoms with Crippen LogP contribution < -0.4 is 5.32 Å². The van der Waals surface area contributed by atoms with Crippen molar-refractivity contribution in [2.45, 2.75) is 32.4 Å². The van der Waals surface area contributed by atoms with Crippen LogP contribution in [0.25, 0.3) is 0 Å². The zero-order valence-electron chi connectivity index (χ0n) is 10.5. The van der Waals surface area contributed by atoms with Crippen LogP contribution >= 0.6 is 11.6 Å². The third-order valence-corrected chi connectivity index (χ3v) is 3.80. The first-order valence-corrected chi connectivity index (χ1v) is 6.86. The molecule has 1 fully saturated rings. The molecule has 3 heteroatoms. The number of piperidine rings is 1. The molecule has 2 rings (SSSR count). The van der Waals surface area contributed by atoms with Gasteiger partial charge in [0.1, 0.15) is 0 Å². The second-order valence-electron chi connectivity index (χ2n) is 4.70. The van der Waals surface area contributed by atoms with E-state index in [1.165, 1.54) is 31.5 Å². The van der Waals surface area contributed by atoms with Gasteiger partial charge in [-0.15, -0.1) is 0 Å². The number of nitrogens with zero attached hydrogens (tertiary/aromatic N) is 1. The van der Waals surface area contributed by atoms with Crippen molar-refractivity contribution in [1.29, 1.82) is 0 Å². The molecule has 0 saturated carbocycles. The van der Waals surface area contributed by atoms with Crippen LogP contribution in [0.3, 0.4) is 0 Å². The Labute approximate surface area is 109 Å². The lowest BCUT2D eigenvalue weighted by atomic mass is 10.0. The van der Waals surface area contributed by atoms with Crippen molar-refractivity contribution in [2.24, 2.45) is 0 Å². The van der Waals surface area contributed by atoms with E-state index in [0.29, 0.717) is 6.04 Å². The van der Waals surface area contributed by atoms with Crippen molar-refractivity contribution in [3.05, 3.63) is 34.9 Å². The molecule has 0 bridgehead atoms. The average Bonchev–Trinajstić information content (AvgIpc) is 2.35. The van der Waals surface area contributed by atoms with E-state index in [0.717, 1.165) is 18.1 Å². The third kappa shape index (κ3) is 3.70. The second-order valence-corrected chi connectivity index (χ2v) is 5.11. The van der Waals surface area contributed by atoms with E-state index in [1.54, 1.807) is 0 Å². The summed E-state index contributed by atoms with van der Waals surface area (Å²) in [6.45, 7) is 6.58. The van der Waals surface area contributed by atoms with Gasteiger partial charge in [0.05, 0.1) is 0 Å². The molecule has 0 aliphatic carbocycles. The lowest BCUT2D eigenvalue weighted by molar-refractivity contribution is 0.192. The molecule has 0 atom stereocenters. The van der Waals surface area contributed by atoms with E-state index in [9.17, 15) is 0 Å². The van der Waals surface area contributed by atoms with Gasteiger partial charge in [0.2, 0.25) is 0 Å². The Balaban J connectivity index is 1.84. The maximum Gasteiger partial charge on any atom is 0.0451 e. The predicted octanol–water partition coefficient (Wildman–Crippen LogP) is 2.91. The predicted molar refractivity (Wildman–Crippen MR) is 73.4 cm³/mol. The highest BCUT2D eigenvalue weighted by Crippen LogP contribution is 2.19. The molecule has 0 unspecified atom stereocenters. The minimum absolute atomic E-state index is 0.711. The van der Waals surface area contributed by atoms with Crippen LogP contribution in [0.1, 0.15) is 25.3 Å². The highest BCUT2D eigenvalue weighted by Gasteiger charge is 2.18. The first-order valence-electron chi connectivity index (χ1n) is 6.48. The van der Waals surface area contributed by atoms with Gasteiger partial charge in [-0.1, -0.05) is 36.7 Å². The molecule has 1 aromatic carbocycles. The fourth-order valence-electron chi connectivity index (χ4n) is 2.45. The van der Waals surface area contributed by atoms with Gasteiger partial charge in [-0.2, -0.15) is 0 Å². The highest BCUT2D eigenvalue weighted by atomic mass is 35.5. The van der Waals surface area contributed by atoms with Gasteiger partial charge >= 0.3 is 0 Å². The Morgan fingerprint density at radius 3 is 2.65 bits per heavy atom. The van der Waals surface area contributed by atoms with Crippen molar-refractivity contribution < 1.29 is 0 Å². The maximum atomic E-state index is 6.18. The van der Waals surface area contributed by atoms with Crippen molar-refractivity contribution in [3.63, 3.8) is 0 Å². The summed E-state index contributed by atoms with van der Waals surface area (Å²) in [7, 11) is 0. The summed E-state index contributed by atoms with van der Waals surface area (Å²) in [4.78, 5) is 2.50. The molecule has 0 aromatic heterocycles. The minimum Gasteiger partial charge on any atom is -0.314 e. The summed E-state index contributed by atoms with van der Waals surface area (Å²) in [5.41, 5.74) is 1.25. The zero-order chi connectivity index (χ0) is 12.1. The Morgan fingerprint density at radius 2 is 2.00 bits per heavy atom. The van der Waals surface area contributed by atoms with Gasteiger partial charge < -0.3 is 5.32 Å². The number of hydrogen-bond acceptors (Lipinski definition) is 2. The number of rotatable bonds is 4. The topological polar surface area (TPSA) is 15.3 Å². The summed E-state index contributed by atoms with van der Waals surface area (Å²) in [5, 5.41) is 4.42. The lowest BCUT2D eigenvalue weighted by Gasteiger charge is -2.32. The second kappa shape index (κ2) is 6.39. The van der Waals surface area contributed by atoms with Crippen LogP contribution in [-0.2, 0) is 6.54 Å². The molecule has 1 N–H and O–H groups in total. The molecule has 1 saturated heterocycles. The lowest BCUT2D eigenvalue weighted by Crippen LogP contribution is -2.42. The van der Waals surface area contributed by atoms with Gasteiger partial charge in [0.25, 0.3) is 0 Å². The molecular weight excluding hydrogens is 232 g/mol. The molecule has 0 spiro atoms. The first kappa shape index (κ1) is 12.9. The zero-order valence-corrected chi connectivity index (χ0v) is 11.2. The Morgan fingerprint density at radius 1 is 1.29 bits per heavy atom. The van der Waals surface area contributed by atoms with Gasteiger partial charge in [0.15, 0.2) is 0 Å². The van der Waals surface area contributed by atoms with E-state index in [1.807, 2.05) is 12.1 Å². The number of halogens is 1. The van der Waals surface area contributed by atoms with Crippen LogP contribution in [-0.4, -0.2) is 30.6 Å². The van der Waals surface area contributed by atoms with Crippen molar-refractivity contribution in [2.75, 3.05) is 19.6 Å². The van der Waals surface area contributed by atoms with Crippen molar-refractivity contribution in [3.8, 4) is 0 Å². The standard InChI is InChI=1S/C14H21ClN2/c1-2-16-13-7-9-17(10-8-13)11-12-5-3-4-6-14(12)15/h3-6,13,16H,2,7-11H2,1H3. The van der Waals surface area contributed by atoms with Crippen LogP contribution in [0.5, 0.6) is 0 Å². The Hall–Kier alpha value is -0.570. The largest absolute Gasteiger partial charge is 0.314 e. The molecular formula is C14H21ClN2. The molecule has 2 nitrogen and oxygen atoms in total. The van der Waals surface area contributed by atoms with Crippen LogP contribution in [0, 0.1) is 0 Å². The van der Waals surface area contributed by atoms with E-state index in [2.05, 4.69) is 29.3 Å². The van der Waals surface area contributed by atoms with Gasteiger partial charge in [-0.3, -0.25) is 4.90 Å². The summed E-state index contributed by atoms with van der Waals surface area (Å²) >= 11 is 6.18. The molecule has 1 aliphatic rings. The molecule has 1 aromatic rings. The minimum atomic E-state index is 0.711. The summed E-state index contributed by atoms with van der Waals surface area (Å²) in [5.74, 6) is 0. The summed E-state index contributed by atoms with van der Waals surface area (Å²) in [6, 6.07) is 8.86. The molecule has 94 valence electrons. The number of likely N-dealkylation sites (tertiary alicyclic amines) is 1. The number of nitrogens with one attached hydrogen (secondary N) is 1. The van der Waals surface area contributed by atoms with Crippen molar-refractivity contribution >= 4 is 11.6 Å². The molecule has 1 heterocycles. The molecule has 1 aliphatic heterocycles. The smallest absolute Gasteiger partial charge is 0.0451 e. The van der Waals surface area contributed by atoms with Crippen LogP contribution in [0.15, 0.2) is 24.3 Å². The quantitative estimate of drug-likeness (QED) is 0.887. The number of hydrogen-bond donors (Lipinski definition) is 1. The van der Waals surface area contributed by atoms with E-state index in [-0.39, 0.29) is 0 Å². The first-order chi connectivity index (χ1) is 8.29. The van der Waals surface area contributed by atoms with E-state index < -0.39 is 0 Å². The van der Waals surface area contributed by atoms with Gasteiger partial charge in [0, 0.05) is 17.6 Å². The van der Waals surface area contributed by atoms with Gasteiger partial charge in [-0.25, -0.2) is 0 Å². The molecule has 0 amide bonds. The molecule has 17 heavy (non-hydrogen) atoms. The van der Waals surface area contributed by atoms with E-state index in [4.69, 9.17) is 11.6 Å².